The van der Waals surface area contributed by atoms with Gasteiger partial charge in [-0.2, -0.15) is 13.2 Å². The number of piperidine rings is 1. The van der Waals surface area contributed by atoms with Crippen molar-refractivity contribution in [1.29, 1.82) is 0 Å². The van der Waals surface area contributed by atoms with E-state index in [1.165, 1.54) is 12.1 Å². The van der Waals surface area contributed by atoms with Crippen LogP contribution in [-0.2, 0) is 4.79 Å². The smallest absolute Gasteiger partial charge is 0.422 e. The van der Waals surface area contributed by atoms with Crippen LogP contribution in [0.4, 0.5) is 13.2 Å². The lowest BCUT2D eigenvalue weighted by molar-refractivity contribution is -0.324. The van der Waals surface area contributed by atoms with Crippen molar-refractivity contribution < 1.29 is 37.1 Å². The number of ether oxygens (including phenoxy) is 2. The highest BCUT2D eigenvalue weighted by Crippen LogP contribution is 2.42. The molecule has 1 aliphatic heterocycles. The highest BCUT2D eigenvalue weighted by molar-refractivity contribution is 5.88. The topological polar surface area (TPSA) is 87.9 Å². The monoisotopic (exact) mass is 441 g/mol. The van der Waals surface area contributed by atoms with E-state index in [0.29, 0.717) is 26.0 Å². The van der Waals surface area contributed by atoms with Crippen molar-refractivity contribution in [3.8, 4) is 11.6 Å². The minimum absolute atomic E-state index is 0.00831. The van der Waals surface area contributed by atoms with Gasteiger partial charge in [-0.05, 0) is 62.0 Å². The number of hydrogen-bond acceptors (Lipinski definition) is 7. The third-order valence-electron chi connectivity index (χ3n) is 6.25. The molecule has 2 aromatic rings. The normalized spacial score (nSPS) is 19.8. The summed E-state index contributed by atoms with van der Waals surface area (Å²) < 4.78 is 53.4. The van der Waals surface area contributed by atoms with Gasteiger partial charge in [0, 0.05) is 17.9 Å². The highest BCUT2D eigenvalue weighted by Gasteiger charge is 2.40. The number of carboxylic acid groups (broad SMARTS) is 1. The van der Waals surface area contributed by atoms with Crippen LogP contribution in [0.25, 0.3) is 11.0 Å². The van der Waals surface area contributed by atoms with Gasteiger partial charge in [0.1, 0.15) is 11.1 Å². The van der Waals surface area contributed by atoms with Crippen molar-refractivity contribution in [3.05, 3.63) is 18.2 Å². The second-order valence-electron chi connectivity index (χ2n) is 8.47. The molecular weight excluding hydrogens is 417 g/mol. The van der Waals surface area contributed by atoms with Crippen LogP contribution < -0.4 is 14.6 Å². The molecule has 1 aromatic heterocycles. The van der Waals surface area contributed by atoms with Gasteiger partial charge in [0.05, 0.1) is 6.61 Å². The third kappa shape index (κ3) is 4.89. The molecule has 31 heavy (non-hydrogen) atoms. The predicted molar refractivity (Wildman–Crippen MR) is 102 cm³/mol. The van der Waals surface area contributed by atoms with Gasteiger partial charge in [-0.25, -0.2) is 0 Å². The van der Waals surface area contributed by atoms with Crippen molar-refractivity contribution in [1.82, 2.24) is 10.1 Å². The first kappa shape index (κ1) is 21.7. The Bertz CT molecular complexity index is 917. The standard InChI is InChI=1S/C21H25F3N2O5/c22-21(23,24)13-30-15-3-1-4-16-17(15)18(25-31-16)29-11-14-5-9-26(10-6-14)12-20(19(27)28)7-2-8-20/h1,3-4,14H,2,5-13H2,(H,27,28)/p-1. The molecule has 0 unspecified atom stereocenters. The minimum atomic E-state index is -4.46. The summed E-state index contributed by atoms with van der Waals surface area (Å²) in [6.45, 7) is 0.985. The third-order valence-corrected chi connectivity index (χ3v) is 6.25. The van der Waals surface area contributed by atoms with Gasteiger partial charge in [-0.15, -0.1) is 0 Å². The number of hydrogen-bond donors (Lipinski definition) is 0. The van der Waals surface area contributed by atoms with Crippen molar-refractivity contribution in [2.45, 2.75) is 38.3 Å². The van der Waals surface area contributed by atoms with Crippen LogP contribution in [0.3, 0.4) is 0 Å². The predicted octanol–water partition coefficient (Wildman–Crippen LogP) is 2.78. The van der Waals surface area contributed by atoms with E-state index in [1.807, 2.05) is 0 Å². The van der Waals surface area contributed by atoms with E-state index in [0.717, 1.165) is 32.4 Å². The first-order chi connectivity index (χ1) is 14.8. The van der Waals surface area contributed by atoms with Crippen LogP contribution >= 0.6 is 0 Å². The summed E-state index contributed by atoms with van der Waals surface area (Å²) in [7, 11) is 0. The number of aliphatic carboxylic acids is 1. The fraction of sp³-hybridized carbons (Fsp3) is 0.619. The molecule has 1 saturated heterocycles. The summed E-state index contributed by atoms with van der Waals surface area (Å²) in [6, 6.07) is 4.53. The molecular formula is C21H24F3N2O5-. The van der Waals surface area contributed by atoms with Gasteiger partial charge in [0.25, 0.3) is 5.88 Å². The molecule has 1 saturated carbocycles. The summed E-state index contributed by atoms with van der Waals surface area (Å²) in [4.78, 5) is 13.6. The molecule has 2 heterocycles. The lowest BCUT2D eigenvalue weighted by atomic mass is 9.68. The fourth-order valence-electron chi connectivity index (χ4n) is 4.28. The zero-order valence-corrected chi connectivity index (χ0v) is 17.0. The SMILES string of the molecule is O=C([O-])C1(CN2CCC(COc3noc4cccc(OCC(F)(F)F)c34)CC2)CCC1. The zero-order valence-electron chi connectivity index (χ0n) is 17.0. The Kier molecular flexibility index (Phi) is 6.00. The van der Waals surface area contributed by atoms with E-state index in [4.69, 9.17) is 14.0 Å². The number of benzene rings is 1. The second kappa shape index (κ2) is 8.57. The van der Waals surface area contributed by atoms with E-state index < -0.39 is 24.2 Å². The van der Waals surface area contributed by atoms with Crippen molar-refractivity contribution in [2.75, 3.05) is 32.8 Å². The second-order valence-corrected chi connectivity index (χ2v) is 8.47. The number of fused-ring (bicyclic) bond motifs is 1. The number of rotatable bonds is 8. The van der Waals surface area contributed by atoms with E-state index in [2.05, 4.69) is 10.1 Å². The van der Waals surface area contributed by atoms with Crippen molar-refractivity contribution in [2.24, 2.45) is 11.3 Å². The zero-order chi connectivity index (χ0) is 22.1. The Morgan fingerprint density at radius 3 is 2.61 bits per heavy atom. The Morgan fingerprint density at radius 2 is 2.00 bits per heavy atom. The number of carbonyl (C=O) groups is 1. The lowest BCUT2D eigenvalue weighted by Crippen LogP contribution is -2.54. The van der Waals surface area contributed by atoms with Gasteiger partial charge in [-0.1, -0.05) is 12.5 Å². The molecule has 0 atom stereocenters. The molecule has 0 radical (unpaired) electrons. The van der Waals surface area contributed by atoms with Gasteiger partial charge in [0.15, 0.2) is 12.2 Å². The Balaban J connectivity index is 1.32. The summed E-state index contributed by atoms with van der Waals surface area (Å²) in [5, 5.41) is 15.6. The van der Waals surface area contributed by atoms with Crippen LogP contribution in [0.1, 0.15) is 32.1 Å². The lowest BCUT2D eigenvalue weighted by Gasteiger charge is -2.47. The minimum Gasteiger partial charge on any atom is -0.550 e. The fourth-order valence-corrected chi connectivity index (χ4v) is 4.28. The first-order valence-corrected chi connectivity index (χ1v) is 10.4. The summed E-state index contributed by atoms with van der Waals surface area (Å²) in [6.07, 6.45) is -0.513. The number of nitrogens with zero attached hydrogens (tertiary/aromatic N) is 2. The van der Waals surface area contributed by atoms with Crippen LogP contribution in [0, 0.1) is 11.3 Å². The van der Waals surface area contributed by atoms with Gasteiger partial charge >= 0.3 is 6.18 Å². The quantitative estimate of drug-likeness (QED) is 0.623. The van der Waals surface area contributed by atoms with Crippen molar-refractivity contribution >= 4 is 16.9 Å². The number of carboxylic acids is 1. The van der Waals surface area contributed by atoms with E-state index in [-0.39, 0.29) is 28.5 Å². The van der Waals surface area contributed by atoms with E-state index in [1.54, 1.807) is 6.07 Å². The molecule has 10 heteroatoms. The van der Waals surface area contributed by atoms with E-state index in [9.17, 15) is 23.1 Å². The maximum absolute atomic E-state index is 12.5. The molecule has 1 aliphatic carbocycles. The molecule has 1 aromatic carbocycles. The van der Waals surface area contributed by atoms with Gasteiger partial charge in [0.2, 0.25) is 0 Å². The molecule has 4 rings (SSSR count). The number of likely N-dealkylation sites (tertiary alicyclic amines) is 1. The average molecular weight is 441 g/mol. The van der Waals surface area contributed by atoms with Crippen LogP contribution in [0.2, 0.25) is 0 Å². The Labute approximate surface area is 177 Å². The summed E-state index contributed by atoms with van der Waals surface area (Å²) >= 11 is 0. The Morgan fingerprint density at radius 1 is 1.26 bits per heavy atom. The highest BCUT2D eigenvalue weighted by atomic mass is 19.4. The molecule has 7 nitrogen and oxygen atoms in total. The largest absolute Gasteiger partial charge is 0.550 e. The average Bonchev–Trinajstić information content (AvgIpc) is 3.11. The number of alkyl halides is 3. The molecule has 0 bridgehead atoms. The molecule has 0 amide bonds. The first-order valence-electron chi connectivity index (χ1n) is 10.4. The van der Waals surface area contributed by atoms with Crippen molar-refractivity contribution in [3.63, 3.8) is 0 Å². The van der Waals surface area contributed by atoms with Gasteiger partial charge < -0.3 is 28.8 Å². The van der Waals surface area contributed by atoms with E-state index >= 15 is 0 Å². The maximum atomic E-state index is 12.5. The molecule has 2 fully saturated rings. The molecule has 0 N–H and O–H groups in total. The summed E-state index contributed by atoms with van der Waals surface area (Å²) in [5.41, 5.74) is -0.409. The van der Waals surface area contributed by atoms with Crippen LogP contribution in [-0.4, -0.2) is 55.1 Å². The number of carbonyl (C=O) groups excluding carboxylic acids is 1. The van der Waals surface area contributed by atoms with Crippen LogP contribution in [0.5, 0.6) is 11.6 Å². The van der Waals surface area contributed by atoms with Gasteiger partial charge in [-0.3, -0.25) is 0 Å². The maximum Gasteiger partial charge on any atom is 0.422 e. The summed E-state index contributed by atoms with van der Waals surface area (Å²) in [5.74, 6) is -0.605. The molecule has 0 spiro atoms. The molecule has 170 valence electrons. The number of aromatic nitrogens is 1. The van der Waals surface area contributed by atoms with Crippen LogP contribution in [0.15, 0.2) is 22.7 Å². The molecule has 2 aliphatic rings. The number of halogens is 3. The Hall–Kier alpha value is -2.49.